The van der Waals surface area contributed by atoms with Gasteiger partial charge in [0.1, 0.15) is 0 Å². The summed E-state index contributed by atoms with van der Waals surface area (Å²) in [4.78, 5) is 2.48. The third kappa shape index (κ3) is 8.61. The Morgan fingerprint density at radius 2 is 2.00 bits per heavy atom. The predicted molar refractivity (Wildman–Crippen MR) is 59.5 cm³/mol. The lowest BCUT2D eigenvalue weighted by molar-refractivity contribution is 0.644. The summed E-state index contributed by atoms with van der Waals surface area (Å²) in [5.41, 5.74) is 0. The van der Waals surface area contributed by atoms with Crippen LogP contribution >= 0.6 is 31.9 Å². The summed E-state index contributed by atoms with van der Waals surface area (Å²) < 4.78 is 0. The van der Waals surface area contributed by atoms with Crippen molar-refractivity contribution in [2.24, 2.45) is 0 Å². The van der Waals surface area contributed by atoms with Crippen molar-refractivity contribution < 1.29 is 0 Å². The van der Waals surface area contributed by atoms with Crippen LogP contribution in [-0.4, -0.2) is 4.83 Å². The summed E-state index contributed by atoms with van der Waals surface area (Å²) >= 11 is 6.84. The Labute approximate surface area is 86.7 Å². The highest BCUT2D eigenvalue weighted by Gasteiger charge is 1.97. The van der Waals surface area contributed by atoms with Gasteiger partial charge in [-0.1, -0.05) is 70.5 Å². The third-order valence-corrected chi connectivity index (χ3v) is 2.68. The maximum absolute atomic E-state index is 3.57. The molecule has 0 saturated heterocycles. The molecule has 0 fully saturated rings. The van der Waals surface area contributed by atoms with Gasteiger partial charge in [0, 0.05) is 4.83 Å². The monoisotopic (exact) mass is 282 g/mol. The molecule has 0 aromatic heterocycles. The van der Waals surface area contributed by atoms with Crippen molar-refractivity contribution in [3.63, 3.8) is 0 Å². The first-order chi connectivity index (χ1) is 5.31. The first kappa shape index (κ1) is 11.7. The van der Waals surface area contributed by atoms with E-state index in [1.54, 1.807) is 0 Å². The Morgan fingerprint density at radius 1 is 1.27 bits per heavy atom. The van der Waals surface area contributed by atoms with Crippen LogP contribution in [0, 0.1) is 0 Å². The molecule has 0 aliphatic rings. The van der Waals surface area contributed by atoms with E-state index in [0.717, 1.165) is 0 Å². The quantitative estimate of drug-likeness (QED) is 0.493. The Hall–Kier alpha value is 0.700. The number of rotatable bonds is 6. The topological polar surface area (TPSA) is 0 Å². The minimum Gasteiger partial charge on any atom is -0.0845 e. The van der Waals surface area contributed by atoms with Crippen LogP contribution in [0.3, 0.4) is 0 Å². The second kappa shape index (κ2) is 8.79. The highest BCUT2D eigenvalue weighted by Crippen LogP contribution is 2.13. The summed E-state index contributed by atoms with van der Waals surface area (Å²) in [5, 5.41) is 0. The van der Waals surface area contributed by atoms with E-state index >= 15 is 0 Å². The normalized spacial score (nSPS) is 14.1. The van der Waals surface area contributed by atoms with E-state index < -0.39 is 0 Å². The fraction of sp³-hybridized carbons (Fsp3) is 0.778. The molecule has 0 aliphatic heterocycles. The first-order valence-electron chi connectivity index (χ1n) is 4.22. The molecule has 2 heteroatoms. The Kier molecular flexibility index (Phi) is 9.35. The molecule has 0 aromatic rings. The molecule has 0 aliphatic carbocycles. The van der Waals surface area contributed by atoms with Crippen molar-refractivity contribution in [1.29, 1.82) is 0 Å². The smallest absolute Gasteiger partial charge is 0.0333 e. The molecule has 0 nitrogen and oxygen atoms in total. The maximum Gasteiger partial charge on any atom is 0.0333 e. The van der Waals surface area contributed by atoms with E-state index in [2.05, 4.69) is 44.9 Å². The third-order valence-electron chi connectivity index (χ3n) is 1.62. The largest absolute Gasteiger partial charge is 0.0845 e. The van der Waals surface area contributed by atoms with Crippen LogP contribution in [-0.2, 0) is 0 Å². The van der Waals surface area contributed by atoms with Gasteiger partial charge >= 0.3 is 0 Å². The number of hydrogen-bond acceptors (Lipinski definition) is 0. The molecule has 11 heavy (non-hydrogen) atoms. The molecule has 0 spiro atoms. The second-order valence-corrected chi connectivity index (χ2v) is 4.39. The van der Waals surface area contributed by atoms with Gasteiger partial charge in [-0.15, -0.1) is 0 Å². The van der Waals surface area contributed by atoms with Crippen molar-refractivity contribution in [2.45, 2.75) is 43.9 Å². The van der Waals surface area contributed by atoms with Gasteiger partial charge in [0.05, 0.1) is 0 Å². The number of hydrogen-bond donors (Lipinski definition) is 0. The van der Waals surface area contributed by atoms with Crippen LogP contribution in [0.4, 0.5) is 0 Å². The summed E-state index contributed by atoms with van der Waals surface area (Å²) in [6, 6.07) is 0. The standard InChI is InChI=1S/C9H16Br2/c1-2-3-4-5-6-9(11)7-8-10/h7-9H,2-6H2,1H3. The van der Waals surface area contributed by atoms with Crippen LogP contribution in [0.5, 0.6) is 0 Å². The van der Waals surface area contributed by atoms with Crippen LogP contribution < -0.4 is 0 Å². The van der Waals surface area contributed by atoms with Crippen molar-refractivity contribution in [2.75, 3.05) is 0 Å². The molecule has 0 aromatic carbocycles. The van der Waals surface area contributed by atoms with Gasteiger partial charge in [0.2, 0.25) is 0 Å². The lowest BCUT2D eigenvalue weighted by Gasteiger charge is -2.02. The maximum atomic E-state index is 3.57. The van der Waals surface area contributed by atoms with Crippen LogP contribution in [0.1, 0.15) is 39.0 Å². The molecular weight excluding hydrogens is 268 g/mol. The fourth-order valence-electron chi connectivity index (χ4n) is 0.941. The average molecular weight is 284 g/mol. The van der Waals surface area contributed by atoms with Gasteiger partial charge in [0.25, 0.3) is 0 Å². The van der Waals surface area contributed by atoms with E-state index in [-0.39, 0.29) is 0 Å². The first-order valence-corrected chi connectivity index (χ1v) is 6.05. The van der Waals surface area contributed by atoms with Gasteiger partial charge < -0.3 is 0 Å². The fourth-order valence-corrected chi connectivity index (χ4v) is 2.20. The van der Waals surface area contributed by atoms with Gasteiger partial charge in [0.15, 0.2) is 0 Å². The highest BCUT2D eigenvalue weighted by atomic mass is 79.9. The van der Waals surface area contributed by atoms with Crippen molar-refractivity contribution in [3.05, 3.63) is 11.1 Å². The second-order valence-electron chi connectivity index (χ2n) is 2.68. The number of allylic oxidation sites excluding steroid dienone is 1. The molecule has 66 valence electrons. The molecule has 0 rings (SSSR count). The SMILES string of the molecule is CCCCCCC(Br)C=CBr. The minimum absolute atomic E-state index is 0.554. The summed E-state index contributed by atoms with van der Waals surface area (Å²) in [6.07, 6.45) is 8.78. The molecule has 0 saturated carbocycles. The lowest BCUT2D eigenvalue weighted by atomic mass is 10.1. The van der Waals surface area contributed by atoms with Crippen molar-refractivity contribution in [1.82, 2.24) is 0 Å². The van der Waals surface area contributed by atoms with E-state index in [1.807, 2.05) is 4.99 Å². The van der Waals surface area contributed by atoms with Crippen molar-refractivity contribution >= 4 is 31.9 Å². The molecule has 0 amide bonds. The molecule has 1 unspecified atom stereocenters. The average Bonchev–Trinajstić information content (AvgIpc) is 1.99. The number of unbranched alkanes of at least 4 members (excludes halogenated alkanes) is 3. The molecule has 1 atom stereocenters. The Morgan fingerprint density at radius 3 is 2.55 bits per heavy atom. The van der Waals surface area contributed by atoms with E-state index in [9.17, 15) is 0 Å². The van der Waals surface area contributed by atoms with E-state index in [0.29, 0.717) is 4.83 Å². The zero-order valence-electron chi connectivity index (χ0n) is 7.02. The number of alkyl halides is 1. The molecule has 0 bridgehead atoms. The summed E-state index contributed by atoms with van der Waals surface area (Å²) in [6.45, 7) is 2.24. The van der Waals surface area contributed by atoms with Crippen LogP contribution in [0.25, 0.3) is 0 Å². The Balaban J connectivity index is 3.10. The predicted octanol–water partition coefficient (Wildman–Crippen LogP) is 4.63. The van der Waals surface area contributed by atoms with Crippen molar-refractivity contribution in [3.8, 4) is 0 Å². The van der Waals surface area contributed by atoms with E-state index in [1.165, 1.54) is 32.1 Å². The zero-order chi connectivity index (χ0) is 8.53. The molecular formula is C9H16Br2. The molecule has 0 radical (unpaired) electrons. The lowest BCUT2D eigenvalue weighted by Crippen LogP contribution is -1.91. The van der Waals surface area contributed by atoms with Crippen LogP contribution in [0.15, 0.2) is 11.1 Å². The van der Waals surface area contributed by atoms with E-state index in [4.69, 9.17) is 0 Å². The molecule has 0 heterocycles. The summed E-state index contributed by atoms with van der Waals surface area (Å²) in [7, 11) is 0. The highest BCUT2D eigenvalue weighted by molar-refractivity contribution is 9.11. The summed E-state index contributed by atoms with van der Waals surface area (Å²) in [5.74, 6) is 0. The van der Waals surface area contributed by atoms with Gasteiger partial charge in [-0.3, -0.25) is 0 Å². The van der Waals surface area contributed by atoms with Gasteiger partial charge in [-0.25, -0.2) is 0 Å². The molecule has 0 N–H and O–H groups in total. The Bertz CT molecular complexity index is 99.7. The number of halogens is 2. The minimum atomic E-state index is 0.554. The zero-order valence-corrected chi connectivity index (χ0v) is 10.2. The van der Waals surface area contributed by atoms with Crippen LogP contribution in [0.2, 0.25) is 0 Å². The van der Waals surface area contributed by atoms with Gasteiger partial charge in [-0.05, 0) is 11.4 Å². The van der Waals surface area contributed by atoms with Gasteiger partial charge in [-0.2, -0.15) is 0 Å².